The van der Waals surface area contributed by atoms with Gasteiger partial charge in [0, 0.05) is 31.9 Å². The fourth-order valence-electron chi connectivity index (χ4n) is 3.42. The van der Waals surface area contributed by atoms with E-state index in [1.165, 1.54) is 11.1 Å². The maximum atomic E-state index is 6.19. The van der Waals surface area contributed by atoms with Crippen molar-refractivity contribution in [3.63, 3.8) is 0 Å². The van der Waals surface area contributed by atoms with Gasteiger partial charge in [-0.15, -0.1) is 0 Å². The number of hydrogen-bond donors (Lipinski definition) is 0. The summed E-state index contributed by atoms with van der Waals surface area (Å²) in [7, 11) is 0. The summed E-state index contributed by atoms with van der Waals surface area (Å²) in [5.41, 5.74) is 5.33. The molecule has 0 fully saturated rings. The fraction of sp³-hybridized carbons (Fsp3) is 0.111. The van der Waals surface area contributed by atoms with E-state index in [4.69, 9.17) is 34.8 Å². The third-order valence-electron chi connectivity index (χ3n) is 5.24. The molecule has 0 atom stereocenters. The van der Waals surface area contributed by atoms with Crippen LogP contribution >= 0.6 is 66.7 Å². The van der Waals surface area contributed by atoms with Crippen LogP contribution in [0.25, 0.3) is 16.7 Å². The van der Waals surface area contributed by atoms with Crippen LogP contribution in [-0.2, 0) is 6.54 Å². The number of aromatic nitrogens is 4. The number of halogens is 5. The van der Waals surface area contributed by atoms with Crippen molar-refractivity contribution in [2.45, 2.75) is 20.4 Å². The number of pyridine rings is 2. The maximum Gasteiger partial charge on any atom is 0.173 e. The van der Waals surface area contributed by atoms with Crippen molar-refractivity contribution in [2.24, 2.45) is 4.99 Å². The van der Waals surface area contributed by atoms with Crippen molar-refractivity contribution in [3.05, 3.63) is 114 Å². The normalized spacial score (nSPS) is 11.4. The molecule has 1 aliphatic rings. The van der Waals surface area contributed by atoms with E-state index in [9.17, 15) is 0 Å². The van der Waals surface area contributed by atoms with Crippen molar-refractivity contribution in [1.29, 1.82) is 0 Å². The Hall–Kier alpha value is -2.29. The lowest BCUT2D eigenvalue weighted by Crippen LogP contribution is -2.01. The Balaban J connectivity index is 0.000000143. The molecule has 10 heteroatoms. The standard InChI is InChI=1S/C13H9BrClN3.C8H6BrN.C6H5Cl2N/c1-8-2-5-11(15)13(17-8)18-12-6-10(14)4-3-9(12)7-16-18;9-8-2-1-6-4-10-5-7(6)3-8;1-4-2-3-5(7)6(8)9-4/h2-7H,1H3;1-4H,5H2;2-3H,1H3. The van der Waals surface area contributed by atoms with Crippen molar-refractivity contribution in [3.8, 4) is 5.82 Å². The molecule has 4 heterocycles. The summed E-state index contributed by atoms with van der Waals surface area (Å²) in [5, 5.41) is 6.87. The quantitative estimate of drug-likeness (QED) is 0.166. The summed E-state index contributed by atoms with van der Waals surface area (Å²) in [6.07, 6.45) is 3.73. The van der Waals surface area contributed by atoms with Gasteiger partial charge in [-0.05, 0) is 73.5 Å². The Labute approximate surface area is 246 Å². The van der Waals surface area contributed by atoms with Crippen LogP contribution in [0.3, 0.4) is 0 Å². The van der Waals surface area contributed by atoms with Crippen LogP contribution in [0.1, 0.15) is 22.5 Å². The molecule has 2 aromatic carbocycles. The summed E-state index contributed by atoms with van der Waals surface area (Å²) in [6, 6.07) is 19.5. The van der Waals surface area contributed by atoms with Gasteiger partial charge in [-0.3, -0.25) is 4.99 Å². The van der Waals surface area contributed by atoms with E-state index >= 15 is 0 Å². The highest BCUT2D eigenvalue weighted by Gasteiger charge is 2.10. The second-order valence-electron chi connectivity index (χ2n) is 8.06. The monoisotopic (exact) mass is 677 g/mol. The van der Waals surface area contributed by atoms with Crippen LogP contribution < -0.4 is 0 Å². The number of hydrogen-bond acceptors (Lipinski definition) is 4. The Morgan fingerprint density at radius 1 is 0.784 bits per heavy atom. The molecule has 0 bridgehead atoms. The summed E-state index contributed by atoms with van der Waals surface area (Å²) in [5.74, 6) is 0.657. The highest BCUT2D eigenvalue weighted by Crippen LogP contribution is 2.25. The van der Waals surface area contributed by atoms with E-state index in [1.807, 2.05) is 68.7 Å². The minimum absolute atomic E-state index is 0.372. The maximum absolute atomic E-state index is 6.19. The molecule has 6 rings (SSSR count). The molecule has 5 nitrogen and oxygen atoms in total. The molecule has 0 spiro atoms. The van der Waals surface area contributed by atoms with Gasteiger partial charge < -0.3 is 0 Å². The number of aliphatic imine (C=N–C) groups is 1. The zero-order chi connectivity index (χ0) is 26.5. The van der Waals surface area contributed by atoms with Crippen LogP contribution in [0.15, 0.2) is 80.8 Å². The number of fused-ring (bicyclic) bond motifs is 2. The summed E-state index contributed by atoms with van der Waals surface area (Å²) >= 11 is 24.2. The number of benzene rings is 2. The zero-order valence-electron chi connectivity index (χ0n) is 19.8. The van der Waals surface area contributed by atoms with Gasteiger partial charge in [0.2, 0.25) is 0 Å². The first kappa shape index (κ1) is 27.7. The predicted molar refractivity (Wildman–Crippen MR) is 161 cm³/mol. The van der Waals surface area contributed by atoms with E-state index in [1.54, 1.807) is 10.7 Å². The molecule has 0 unspecified atom stereocenters. The zero-order valence-corrected chi connectivity index (χ0v) is 25.2. The highest BCUT2D eigenvalue weighted by molar-refractivity contribution is 9.10. The first-order valence-electron chi connectivity index (χ1n) is 11.0. The van der Waals surface area contributed by atoms with Crippen molar-refractivity contribution in [1.82, 2.24) is 19.7 Å². The Morgan fingerprint density at radius 3 is 2.19 bits per heavy atom. The van der Waals surface area contributed by atoms with Gasteiger partial charge >= 0.3 is 0 Å². The van der Waals surface area contributed by atoms with Crippen LogP contribution in [0.5, 0.6) is 0 Å². The molecule has 37 heavy (non-hydrogen) atoms. The van der Waals surface area contributed by atoms with Crippen LogP contribution in [0.2, 0.25) is 15.2 Å². The minimum Gasteiger partial charge on any atom is -0.288 e. The van der Waals surface area contributed by atoms with Gasteiger partial charge in [0.15, 0.2) is 5.82 Å². The van der Waals surface area contributed by atoms with Crippen LogP contribution in [0, 0.1) is 13.8 Å². The molecule has 0 radical (unpaired) electrons. The number of rotatable bonds is 1. The predicted octanol–water partition coefficient (Wildman–Crippen LogP) is 9.22. The summed E-state index contributed by atoms with van der Waals surface area (Å²) in [4.78, 5) is 12.5. The molecule has 1 aliphatic heterocycles. The van der Waals surface area contributed by atoms with Crippen molar-refractivity contribution in [2.75, 3.05) is 0 Å². The van der Waals surface area contributed by atoms with Crippen molar-refractivity contribution >= 4 is 83.8 Å². The molecular weight excluding hydrogens is 660 g/mol. The molecule has 5 aromatic rings. The van der Waals surface area contributed by atoms with Gasteiger partial charge in [0.25, 0.3) is 0 Å². The number of nitrogens with zero attached hydrogens (tertiary/aromatic N) is 5. The van der Waals surface area contributed by atoms with Gasteiger partial charge in [-0.1, -0.05) is 78.8 Å². The molecule has 0 aliphatic carbocycles. The molecular formula is C27H20Br2Cl3N5. The second kappa shape index (κ2) is 12.5. The average Bonchev–Trinajstić information content (AvgIpc) is 3.50. The molecule has 3 aromatic heterocycles. The minimum atomic E-state index is 0.372. The van der Waals surface area contributed by atoms with Crippen LogP contribution in [-0.4, -0.2) is 26.0 Å². The largest absolute Gasteiger partial charge is 0.288 e. The van der Waals surface area contributed by atoms with Crippen LogP contribution in [0.4, 0.5) is 0 Å². The molecule has 188 valence electrons. The Morgan fingerprint density at radius 2 is 1.46 bits per heavy atom. The lowest BCUT2D eigenvalue weighted by atomic mass is 10.1. The van der Waals surface area contributed by atoms with E-state index in [0.29, 0.717) is 21.0 Å². The van der Waals surface area contributed by atoms with Crippen molar-refractivity contribution < 1.29 is 0 Å². The highest BCUT2D eigenvalue weighted by atomic mass is 79.9. The van der Waals surface area contributed by atoms with Gasteiger partial charge in [-0.25, -0.2) is 14.6 Å². The van der Waals surface area contributed by atoms with E-state index in [-0.39, 0.29) is 0 Å². The second-order valence-corrected chi connectivity index (χ2v) is 11.1. The first-order valence-corrected chi connectivity index (χ1v) is 13.8. The Kier molecular flexibility index (Phi) is 9.37. The smallest absolute Gasteiger partial charge is 0.173 e. The molecule has 0 amide bonds. The van der Waals surface area contributed by atoms with Gasteiger partial charge in [0.05, 0.1) is 28.3 Å². The van der Waals surface area contributed by atoms with E-state index < -0.39 is 0 Å². The van der Waals surface area contributed by atoms with Gasteiger partial charge in [0.1, 0.15) is 5.15 Å². The lowest BCUT2D eigenvalue weighted by Gasteiger charge is -2.06. The molecule has 0 saturated heterocycles. The lowest BCUT2D eigenvalue weighted by molar-refractivity contribution is 0.867. The average molecular weight is 681 g/mol. The molecule has 0 saturated carbocycles. The summed E-state index contributed by atoms with van der Waals surface area (Å²) < 4.78 is 3.90. The number of aryl methyl sites for hydroxylation is 2. The third kappa shape index (κ3) is 7.18. The third-order valence-corrected chi connectivity index (χ3v) is 7.21. The topological polar surface area (TPSA) is 56.0 Å². The SMILES string of the molecule is Brc1ccc2c(c1)CN=C2.Cc1ccc(Cl)c(-n2ncc3ccc(Br)cc32)n1.Cc1ccc(Cl)c(Cl)n1. The van der Waals surface area contributed by atoms with Gasteiger partial charge in [-0.2, -0.15) is 5.10 Å². The fourth-order valence-corrected chi connectivity index (χ4v) is 4.67. The Bertz CT molecular complexity index is 1600. The summed E-state index contributed by atoms with van der Waals surface area (Å²) in [6.45, 7) is 4.64. The van der Waals surface area contributed by atoms with E-state index in [2.05, 4.69) is 64.1 Å². The van der Waals surface area contributed by atoms with E-state index in [0.717, 1.165) is 37.8 Å². The molecule has 0 N–H and O–H groups in total. The first-order chi connectivity index (χ1) is 17.7.